The van der Waals surface area contributed by atoms with Crippen LogP contribution in [-0.2, 0) is 14.8 Å². The lowest BCUT2D eigenvalue weighted by molar-refractivity contribution is -0.117. The minimum absolute atomic E-state index is 0.0546. The quantitative estimate of drug-likeness (QED) is 0.388. The molecular weight excluding hydrogens is 511 g/mol. The van der Waals surface area contributed by atoms with Crippen molar-refractivity contribution in [3.8, 4) is 5.69 Å². The SMILES string of the molecule is O=C1C[C@H](NS(=O)(=O)C2CC2)C(c2ccc(Cl)s2)N1c1ccc2c(cnn2-c2ccc(F)cc2)c1. The Morgan fingerprint density at radius 2 is 1.80 bits per heavy atom. The van der Waals surface area contributed by atoms with Crippen molar-refractivity contribution < 1.29 is 17.6 Å². The number of hydrogen-bond donors (Lipinski definition) is 1. The maximum absolute atomic E-state index is 13.3. The summed E-state index contributed by atoms with van der Waals surface area (Å²) < 4.78 is 43.8. The fraction of sp³-hybridized carbons (Fsp3) is 0.250. The van der Waals surface area contributed by atoms with Gasteiger partial charge in [0.05, 0.1) is 39.1 Å². The minimum Gasteiger partial charge on any atom is -0.302 e. The van der Waals surface area contributed by atoms with Crippen LogP contribution in [0.1, 0.15) is 30.2 Å². The van der Waals surface area contributed by atoms with Crippen LogP contribution in [0.25, 0.3) is 16.6 Å². The zero-order valence-electron chi connectivity index (χ0n) is 18.3. The lowest BCUT2D eigenvalue weighted by Gasteiger charge is -2.28. The van der Waals surface area contributed by atoms with E-state index < -0.39 is 22.1 Å². The topological polar surface area (TPSA) is 84.3 Å². The number of thiophene rings is 1. The second kappa shape index (κ2) is 8.41. The van der Waals surface area contributed by atoms with Crippen LogP contribution in [0.3, 0.4) is 0 Å². The number of aromatic nitrogens is 2. The van der Waals surface area contributed by atoms with E-state index >= 15 is 0 Å². The highest BCUT2D eigenvalue weighted by Gasteiger charge is 2.46. The van der Waals surface area contributed by atoms with Gasteiger partial charge in [0.2, 0.25) is 15.9 Å². The number of hydrogen-bond acceptors (Lipinski definition) is 5. The number of amides is 1. The summed E-state index contributed by atoms with van der Waals surface area (Å²) in [6, 6.07) is 14.1. The van der Waals surface area contributed by atoms with E-state index in [0.29, 0.717) is 28.6 Å². The molecule has 2 aromatic heterocycles. The van der Waals surface area contributed by atoms with E-state index in [9.17, 15) is 17.6 Å². The zero-order valence-corrected chi connectivity index (χ0v) is 20.7. The van der Waals surface area contributed by atoms with Crippen LogP contribution < -0.4 is 9.62 Å². The number of rotatable bonds is 6. The van der Waals surface area contributed by atoms with Gasteiger partial charge >= 0.3 is 0 Å². The van der Waals surface area contributed by atoms with Crippen LogP contribution in [0.15, 0.2) is 60.8 Å². The molecule has 1 aliphatic heterocycles. The Morgan fingerprint density at radius 1 is 1.06 bits per heavy atom. The van der Waals surface area contributed by atoms with E-state index in [2.05, 4.69) is 9.82 Å². The third-order valence-electron chi connectivity index (χ3n) is 6.39. The van der Waals surface area contributed by atoms with Crippen molar-refractivity contribution in [3.63, 3.8) is 0 Å². The molecular formula is C24H20ClFN4O3S2. The predicted molar refractivity (Wildman–Crippen MR) is 134 cm³/mol. The van der Waals surface area contributed by atoms with Gasteiger partial charge in [0, 0.05) is 22.4 Å². The maximum Gasteiger partial charge on any atom is 0.229 e. The fourth-order valence-electron chi connectivity index (χ4n) is 4.60. The molecule has 11 heteroatoms. The van der Waals surface area contributed by atoms with E-state index in [1.807, 2.05) is 24.3 Å². The molecule has 1 N–H and O–H groups in total. The number of sulfonamides is 1. The standard InChI is InChI=1S/C24H20ClFN4O3S2/c25-22-10-9-21(34-22)24-19(28-35(32,33)18-6-7-18)12-23(31)29(24)17-5-8-20-14(11-17)13-27-30(20)16-3-1-15(26)2-4-16/h1-5,8-11,13,18-19,24,28H,6-7,12H2/t19-,24?/m0/s1. The molecule has 1 amide bonds. The smallest absolute Gasteiger partial charge is 0.229 e. The van der Waals surface area contributed by atoms with Crippen molar-refractivity contribution in [3.05, 3.63) is 75.8 Å². The number of benzene rings is 2. The number of carbonyl (C=O) groups is 1. The number of nitrogens with zero attached hydrogens (tertiary/aromatic N) is 3. The Hall–Kier alpha value is -2.79. The van der Waals surface area contributed by atoms with Crippen LogP contribution in [0.2, 0.25) is 4.34 Å². The molecule has 1 saturated heterocycles. The van der Waals surface area contributed by atoms with Gasteiger partial charge in [-0.1, -0.05) is 11.6 Å². The maximum atomic E-state index is 13.3. The molecule has 6 rings (SSSR count). The first-order valence-corrected chi connectivity index (χ1v) is 13.9. The summed E-state index contributed by atoms with van der Waals surface area (Å²) in [4.78, 5) is 15.7. The predicted octanol–water partition coefficient (Wildman–Crippen LogP) is 4.81. The average molecular weight is 531 g/mol. The van der Waals surface area contributed by atoms with Crippen molar-refractivity contribution in [2.24, 2.45) is 0 Å². The summed E-state index contributed by atoms with van der Waals surface area (Å²) in [7, 11) is -3.50. The van der Waals surface area contributed by atoms with Crippen molar-refractivity contribution in [2.75, 3.05) is 4.90 Å². The summed E-state index contributed by atoms with van der Waals surface area (Å²) >= 11 is 7.54. The third kappa shape index (κ3) is 4.14. The molecule has 1 aliphatic carbocycles. The number of carbonyl (C=O) groups excluding carboxylic acids is 1. The first-order chi connectivity index (χ1) is 16.8. The number of nitrogens with one attached hydrogen (secondary N) is 1. The van der Waals surface area contributed by atoms with E-state index in [-0.39, 0.29) is 23.4 Å². The Kier molecular flexibility index (Phi) is 5.44. The van der Waals surface area contributed by atoms with Gasteiger partial charge in [-0.05, 0) is 67.4 Å². The second-order valence-electron chi connectivity index (χ2n) is 8.80. The Balaban J connectivity index is 1.39. The number of fused-ring (bicyclic) bond motifs is 1. The number of anilines is 1. The molecule has 2 atom stereocenters. The van der Waals surface area contributed by atoms with Gasteiger partial charge in [-0.15, -0.1) is 11.3 Å². The fourth-order valence-corrected chi connectivity index (χ4v) is 7.40. The van der Waals surface area contributed by atoms with Gasteiger partial charge in [0.15, 0.2) is 0 Å². The molecule has 7 nitrogen and oxygen atoms in total. The molecule has 3 heterocycles. The first kappa shape index (κ1) is 22.7. The summed E-state index contributed by atoms with van der Waals surface area (Å²) in [5.74, 6) is -0.500. The lowest BCUT2D eigenvalue weighted by Crippen LogP contribution is -2.41. The van der Waals surface area contributed by atoms with Crippen LogP contribution >= 0.6 is 22.9 Å². The molecule has 1 saturated carbocycles. The van der Waals surface area contributed by atoms with Crippen LogP contribution in [0.5, 0.6) is 0 Å². The molecule has 0 bridgehead atoms. The molecule has 35 heavy (non-hydrogen) atoms. The summed E-state index contributed by atoms with van der Waals surface area (Å²) in [6.07, 6.45) is 3.03. The molecule has 2 fully saturated rings. The Labute approximate surface area is 210 Å². The monoisotopic (exact) mass is 530 g/mol. The first-order valence-electron chi connectivity index (χ1n) is 11.1. The van der Waals surface area contributed by atoms with Crippen molar-refractivity contribution in [1.29, 1.82) is 0 Å². The molecule has 180 valence electrons. The summed E-state index contributed by atoms with van der Waals surface area (Å²) in [6.45, 7) is 0. The Bertz CT molecular complexity index is 1550. The van der Waals surface area contributed by atoms with Crippen molar-refractivity contribution in [2.45, 2.75) is 36.6 Å². The van der Waals surface area contributed by atoms with E-state index in [0.717, 1.165) is 15.8 Å². The van der Waals surface area contributed by atoms with Crippen molar-refractivity contribution >= 4 is 55.5 Å². The van der Waals surface area contributed by atoms with E-state index in [4.69, 9.17) is 11.6 Å². The van der Waals surface area contributed by atoms with Gasteiger partial charge in [-0.2, -0.15) is 5.10 Å². The molecule has 1 unspecified atom stereocenters. The van der Waals surface area contributed by atoms with Gasteiger partial charge in [-0.3, -0.25) is 4.79 Å². The molecule has 0 spiro atoms. The van der Waals surface area contributed by atoms with Gasteiger partial charge in [0.1, 0.15) is 5.82 Å². The van der Waals surface area contributed by atoms with Crippen molar-refractivity contribution in [1.82, 2.24) is 14.5 Å². The average Bonchev–Trinajstić information content (AvgIpc) is 3.38. The lowest BCUT2D eigenvalue weighted by atomic mass is 10.1. The normalized spacial score (nSPS) is 20.7. The zero-order chi connectivity index (χ0) is 24.3. The van der Waals surface area contributed by atoms with Crippen LogP contribution in [0, 0.1) is 5.82 Å². The van der Waals surface area contributed by atoms with E-state index in [1.54, 1.807) is 34.0 Å². The summed E-state index contributed by atoms with van der Waals surface area (Å²) in [5.41, 5.74) is 2.16. The summed E-state index contributed by atoms with van der Waals surface area (Å²) in [5, 5.41) is 4.85. The molecule has 0 radical (unpaired) electrons. The highest BCUT2D eigenvalue weighted by atomic mass is 35.5. The van der Waals surface area contributed by atoms with Crippen LogP contribution in [0.4, 0.5) is 10.1 Å². The molecule has 4 aromatic rings. The second-order valence-corrected chi connectivity index (χ2v) is 12.5. The van der Waals surface area contributed by atoms with E-state index in [1.165, 1.54) is 23.5 Å². The van der Waals surface area contributed by atoms with Gasteiger partial charge in [-0.25, -0.2) is 22.2 Å². The largest absolute Gasteiger partial charge is 0.302 e. The van der Waals surface area contributed by atoms with Crippen LogP contribution in [-0.4, -0.2) is 35.4 Å². The third-order valence-corrected chi connectivity index (χ3v) is 9.67. The highest BCUT2D eigenvalue weighted by Crippen LogP contribution is 2.42. The molecule has 2 aromatic carbocycles. The molecule has 2 aliphatic rings. The Morgan fingerprint density at radius 3 is 2.49 bits per heavy atom. The minimum atomic E-state index is -3.50. The highest BCUT2D eigenvalue weighted by molar-refractivity contribution is 7.90. The number of halogens is 2. The van der Waals surface area contributed by atoms with Gasteiger partial charge < -0.3 is 4.90 Å². The van der Waals surface area contributed by atoms with Gasteiger partial charge in [0.25, 0.3) is 0 Å².